The van der Waals surface area contributed by atoms with E-state index in [4.69, 9.17) is 0 Å². The van der Waals surface area contributed by atoms with Gasteiger partial charge in [-0.3, -0.25) is 9.89 Å². The molecule has 2 aromatic rings. The van der Waals surface area contributed by atoms with E-state index in [-0.39, 0.29) is 5.91 Å². The summed E-state index contributed by atoms with van der Waals surface area (Å²) in [4.78, 5) is 12.3. The maximum absolute atomic E-state index is 12.3. The van der Waals surface area contributed by atoms with Crippen LogP contribution in [-0.4, -0.2) is 22.6 Å². The third-order valence-electron chi connectivity index (χ3n) is 3.66. The van der Waals surface area contributed by atoms with Crippen LogP contribution in [0.2, 0.25) is 0 Å². The van der Waals surface area contributed by atoms with E-state index in [1.54, 1.807) is 0 Å². The molecule has 3 N–H and O–H groups in total. The SMILES string of the molecule is Cc1n[nH]c(C)c1C(=O)Nc1ccc2c(c1)CCCN2. The van der Waals surface area contributed by atoms with Crippen LogP contribution in [0.1, 0.15) is 33.7 Å². The average molecular weight is 270 g/mol. The molecule has 1 amide bonds. The third-order valence-corrected chi connectivity index (χ3v) is 3.66. The lowest BCUT2D eigenvalue weighted by Gasteiger charge is -2.18. The number of amides is 1. The Morgan fingerprint density at radius 1 is 1.35 bits per heavy atom. The number of carbonyl (C=O) groups excluding carboxylic acids is 1. The van der Waals surface area contributed by atoms with Crippen molar-refractivity contribution in [3.8, 4) is 0 Å². The highest BCUT2D eigenvalue weighted by molar-refractivity contribution is 6.05. The molecular weight excluding hydrogens is 252 g/mol. The number of aryl methyl sites for hydroxylation is 3. The van der Waals surface area contributed by atoms with E-state index in [1.807, 2.05) is 32.0 Å². The third kappa shape index (κ3) is 2.27. The number of rotatable bonds is 2. The van der Waals surface area contributed by atoms with Crippen molar-refractivity contribution < 1.29 is 4.79 Å². The van der Waals surface area contributed by atoms with Gasteiger partial charge in [0.1, 0.15) is 0 Å². The van der Waals surface area contributed by atoms with Crippen molar-refractivity contribution in [1.82, 2.24) is 10.2 Å². The van der Waals surface area contributed by atoms with Gasteiger partial charge in [0.25, 0.3) is 5.91 Å². The molecule has 3 rings (SSSR count). The molecule has 1 aliphatic heterocycles. The second kappa shape index (κ2) is 5.00. The van der Waals surface area contributed by atoms with Crippen LogP contribution in [0.5, 0.6) is 0 Å². The minimum atomic E-state index is -0.113. The Kier molecular flexibility index (Phi) is 3.18. The van der Waals surface area contributed by atoms with Crippen LogP contribution in [0.25, 0.3) is 0 Å². The Labute approximate surface area is 117 Å². The topological polar surface area (TPSA) is 69.8 Å². The largest absolute Gasteiger partial charge is 0.385 e. The zero-order chi connectivity index (χ0) is 14.1. The number of hydrogen-bond donors (Lipinski definition) is 3. The van der Waals surface area contributed by atoms with Crippen molar-refractivity contribution in [2.45, 2.75) is 26.7 Å². The predicted molar refractivity (Wildman–Crippen MR) is 79.3 cm³/mol. The summed E-state index contributed by atoms with van der Waals surface area (Å²) in [6.45, 7) is 4.70. The first-order valence-electron chi connectivity index (χ1n) is 6.85. The number of nitrogens with zero attached hydrogens (tertiary/aromatic N) is 1. The first kappa shape index (κ1) is 12.7. The zero-order valence-electron chi connectivity index (χ0n) is 11.7. The van der Waals surface area contributed by atoms with Gasteiger partial charge in [-0.15, -0.1) is 0 Å². The van der Waals surface area contributed by atoms with Gasteiger partial charge in [0.2, 0.25) is 0 Å². The quantitative estimate of drug-likeness (QED) is 0.785. The van der Waals surface area contributed by atoms with Gasteiger partial charge < -0.3 is 10.6 Å². The van der Waals surface area contributed by atoms with Gasteiger partial charge in [0.15, 0.2) is 0 Å². The number of carbonyl (C=O) groups is 1. The molecule has 0 aliphatic carbocycles. The molecule has 0 atom stereocenters. The monoisotopic (exact) mass is 270 g/mol. The predicted octanol–water partition coefficient (Wildman–Crippen LogP) is 2.64. The average Bonchev–Trinajstić information content (AvgIpc) is 2.78. The minimum Gasteiger partial charge on any atom is -0.385 e. The van der Waals surface area contributed by atoms with E-state index < -0.39 is 0 Å². The molecular formula is C15H18N4O. The van der Waals surface area contributed by atoms with Gasteiger partial charge >= 0.3 is 0 Å². The number of aromatic amines is 1. The highest BCUT2D eigenvalue weighted by Crippen LogP contribution is 2.25. The summed E-state index contributed by atoms with van der Waals surface area (Å²) in [6, 6.07) is 6.00. The standard InChI is InChI=1S/C15H18N4O/c1-9-14(10(2)19-18-9)15(20)17-12-5-6-13-11(8-12)4-3-7-16-13/h5-6,8,16H,3-4,7H2,1-2H3,(H,17,20)(H,18,19). The van der Waals surface area contributed by atoms with Gasteiger partial charge in [0, 0.05) is 23.6 Å². The smallest absolute Gasteiger partial charge is 0.259 e. The number of benzene rings is 1. The fourth-order valence-corrected chi connectivity index (χ4v) is 2.63. The molecule has 20 heavy (non-hydrogen) atoms. The summed E-state index contributed by atoms with van der Waals surface area (Å²) in [5.74, 6) is -0.113. The fraction of sp³-hybridized carbons (Fsp3) is 0.333. The van der Waals surface area contributed by atoms with Crippen molar-refractivity contribution in [1.29, 1.82) is 0 Å². The highest BCUT2D eigenvalue weighted by Gasteiger charge is 2.16. The van der Waals surface area contributed by atoms with Crippen LogP contribution in [0.3, 0.4) is 0 Å². The number of anilines is 2. The Morgan fingerprint density at radius 3 is 2.95 bits per heavy atom. The zero-order valence-corrected chi connectivity index (χ0v) is 11.7. The summed E-state index contributed by atoms with van der Waals surface area (Å²) >= 11 is 0. The molecule has 0 unspecified atom stereocenters. The Morgan fingerprint density at radius 2 is 2.20 bits per heavy atom. The van der Waals surface area contributed by atoms with E-state index in [1.165, 1.54) is 11.3 Å². The number of fused-ring (bicyclic) bond motifs is 1. The van der Waals surface area contributed by atoms with Crippen LogP contribution in [0.4, 0.5) is 11.4 Å². The van der Waals surface area contributed by atoms with Gasteiger partial charge in [-0.1, -0.05) is 0 Å². The minimum absolute atomic E-state index is 0.113. The van der Waals surface area contributed by atoms with E-state index in [0.29, 0.717) is 5.56 Å². The number of H-pyrrole nitrogens is 1. The van der Waals surface area contributed by atoms with Crippen molar-refractivity contribution >= 4 is 17.3 Å². The molecule has 2 heterocycles. The van der Waals surface area contributed by atoms with Crippen LogP contribution < -0.4 is 10.6 Å². The van der Waals surface area contributed by atoms with Crippen LogP contribution in [0, 0.1) is 13.8 Å². The van der Waals surface area contributed by atoms with Crippen molar-refractivity contribution in [3.05, 3.63) is 40.7 Å². The molecule has 1 aromatic heterocycles. The Bertz CT molecular complexity index is 640. The summed E-state index contributed by atoms with van der Waals surface area (Å²) < 4.78 is 0. The number of hydrogen-bond acceptors (Lipinski definition) is 3. The van der Waals surface area contributed by atoms with Gasteiger partial charge in [-0.25, -0.2) is 0 Å². The Hall–Kier alpha value is -2.30. The highest BCUT2D eigenvalue weighted by atomic mass is 16.1. The summed E-state index contributed by atoms with van der Waals surface area (Å²) in [5.41, 5.74) is 5.40. The summed E-state index contributed by atoms with van der Waals surface area (Å²) in [5, 5.41) is 13.2. The first-order chi connectivity index (χ1) is 9.65. The van der Waals surface area contributed by atoms with E-state index in [9.17, 15) is 4.79 Å². The molecule has 1 aromatic carbocycles. The van der Waals surface area contributed by atoms with Crippen LogP contribution in [-0.2, 0) is 6.42 Å². The van der Waals surface area contributed by atoms with E-state index in [2.05, 4.69) is 20.8 Å². The molecule has 0 saturated carbocycles. The van der Waals surface area contributed by atoms with E-state index in [0.717, 1.165) is 36.5 Å². The van der Waals surface area contributed by atoms with Gasteiger partial charge in [-0.2, -0.15) is 5.10 Å². The second-order valence-corrected chi connectivity index (χ2v) is 5.17. The normalized spacial score (nSPS) is 13.5. The number of aromatic nitrogens is 2. The number of nitrogens with one attached hydrogen (secondary N) is 3. The molecule has 0 bridgehead atoms. The van der Waals surface area contributed by atoms with Crippen LogP contribution in [0.15, 0.2) is 18.2 Å². The molecule has 0 spiro atoms. The van der Waals surface area contributed by atoms with Crippen LogP contribution >= 0.6 is 0 Å². The molecule has 0 radical (unpaired) electrons. The van der Waals surface area contributed by atoms with Crippen molar-refractivity contribution in [2.75, 3.05) is 17.2 Å². The van der Waals surface area contributed by atoms with Crippen molar-refractivity contribution in [2.24, 2.45) is 0 Å². The lowest BCUT2D eigenvalue weighted by Crippen LogP contribution is -2.15. The second-order valence-electron chi connectivity index (χ2n) is 5.17. The molecule has 5 heteroatoms. The van der Waals surface area contributed by atoms with E-state index >= 15 is 0 Å². The summed E-state index contributed by atoms with van der Waals surface area (Å²) in [6.07, 6.45) is 2.18. The Balaban J connectivity index is 1.83. The first-order valence-corrected chi connectivity index (χ1v) is 6.85. The maximum atomic E-state index is 12.3. The molecule has 0 saturated heterocycles. The van der Waals surface area contributed by atoms with Crippen molar-refractivity contribution in [3.63, 3.8) is 0 Å². The lowest BCUT2D eigenvalue weighted by atomic mass is 10.0. The molecule has 0 fully saturated rings. The van der Waals surface area contributed by atoms with Gasteiger partial charge in [-0.05, 0) is 50.5 Å². The molecule has 104 valence electrons. The molecule has 1 aliphatic rings. The fourth-order valence-electron chi connectivity index (χ4n) is 2.63. The summed E-state index contributed by atoms with van der Waals surface area (Å²) in [7, 11) is 0. The maximum Gasteiger partial charge on any atom is 0.259 e. The molecule has 5 nitrogen and oxygen atoms in total. The van der Waals surface area contributed by atoms with Gasteiger partial charge in [0.05, 0.1) is 11.3 Å². The lowest BCUT2D eigenvalue weighted by molar-refractivity contribution is 0.102.